The monoisotopic (exact) mass is 258 g/mol. The second kappa shape index (κ2) is 6.34. The first-order valence-electron chi connectivity index (χ1n) is 5.87. The minimum Gasteiger partial charge on any atom is -0.481 e. The van der Waals surface area contributed by atoms with Gasteiger partial charge in [0.05, 0.1) is 6.04 Å². The van der Waals surface area contributed by atoms with Crippen LogP contribution in [0, 0.1) is 0 Å². The van der Waals surface area contributed by atoms with Gasteiger partial charge in [-0.2, -0.15) is 0 Å². The predicted molar refractivity (Wildman–Crippen MR) is 62.1 cm³/mol. The van der Waals surface area contributed by atoms with E-state index < -0.39 is 18.0 Å². The number of likely N-dealkylation sites (N-methyl/N-ethyl adjacent to an activating group) is 1. The first kappa shape index (κ1) is 14.4. The van der Waals surface area contributed by atoms with E-state index in [1.807, 2.05) is 11.9 Å². The Kier molecular flexibility index (Phi) is 5.08. The Bertz CT molecular complexity index is 344. The first-order valence-corrected chi connectivity index (χ1v) is 5.87. The molecule has 1 aliphatic rings. The van der Waals surface area contributed by atoms with Gasteiger partial charge in [0.2, 0.25) is 5.91 Å². The number of carbonyl (C=O) groups excluding carboxylic acids is 1. The fourth-order valence-electron chi connectivity index (χ4n) is 2.03. The van der Waals surface area contributed by atoms with E-state index in [0.29, 0.717) is 6.42 Å². The SMILES string of the molecule is CN1CCCC1C(=O)NC(CCC(=O)O)C(=O)O. The van der Waals surface area contributed by atoms with Crippen LogP contribution in [0.5, 0.6) is 0 Å². The van der Waals surface area contributed by atoms with Crippen LogP contribution >= 0.6 is 0 Å². The number of hydrogen-bond acceptors (Lipinski definition) is 4. The van der Waals surface area contributed by atoms with Gasteiger partial charge in [-0.05, 0) is 32.9 Å². The molecule has 1 fully saturated rings. The van der Waals surface area contributed by atoms with Crippen molar-refractivity contribution in [1.29, 1.82) is 0 Å². The van der Waals surface area contributed by atoms with Crippen molar-refractivity contribution in [1.82, 2.24) is 10.2 Å². The van der Waals surface area contributed by atoms with Crippen molar-refractivity contribution in [2.45, 2.75) is 37.8 Å². The van der Waals surface area contributed by atoms with E-state index in [4.69, 9.17) is 10.2 Å². The van der Waals surface area contributed by atoms with E-state index in [1.54, 1.807) is 0 Å². The van der Waals surface area contributed by atoms with Crippen LogP contribution < -0.4 is 5.32 Å². The van der Waals surface area contributed by atoms with Gasteiger partial charge < -0.3 is 15.5 Å². The Hall–Kier alpha value is -1.63. The van der Waals surface area contributed by atoms with Gasteiger partial charge >= 0.3 is 11.9 Å². The van der Waals surface area contributed by atoms with Crippen LogP contribution in [0.4, 0.5) is 0 Å². The molecule has 2 unspecified atom stereocenters. The highest BCUT2D eigenvalue weighted by Gasteiger charge is 2.30. The lowest BCUT2D eigenvalue weighted by Crippen LogP contribution is -2.48. The highest BCUT2D eigenvalue weighted by atomic mass is 16.4. The molecule has 1 amide bonds. The zero-order valence-electron chi connectivity index (χ0n) is 10.3. The number of carboxylic acid groups (broad SMARTS) is 2. The fraction of sp³-hybridized carbons (Fsp3) is 0.727. The van der Waals surface area contributed by atoms with Crippen LogP contribution in [0.2, 0.25) is 0 Å². The number of amides is 1. The highest BCUT2D eigenvalue weighted by molar-refractivity contribution is 5.87. The third kappa shape index (κ3) is 3.99. The normalized spacial score (nSPS) is 21.5. The molecule has 102 valence electrons. The molecule has 0 bridgehead atoms. The smallest absolute Gasteiger partial charge is 0.326 e. The third-order valence-corrected chi connectivity index (χ3v) is 3.08. The first-order chi connectivity index (χ1) is 8.41. The van der Waals surface area contributed by atoms with Crippen molar-refractivity contribution in [3.05, 3.63) is 0 Å². The quantitative estimate of drug-likeness (QED) is 0.593. The number of nitrogens with zero attached hydrogens (tertiary/aromatic N) is 1. The second-order valence-electron chi connectivity index (χ2n) is 4.47. The van der Waals surface area contributed by atoms with Crippen LogP contribution in [0.25, 0.3) is 0 Å². The molecule has 0 radical (unpaired) electrons. The van der Waals surface area contributed by atoms with Gasteiger partial charge in [0.25, 0.3) is 0 Å². The predicted octanol–water partition coefficient (Wildman–Crippen LogP) is -0.485. The molecule has 1 rings (SSSR count). The average Bonchev–Trinajstić information content (AvgIpc) is 2.69. The zero-order valence-corrected chi connectivity index (χ0v) is 10.3. The Labute approximate surface area is 105 Å². The zero-order chi connectivity index (χ0) is 13.7. The van der Waals surface area contributed by atoms with Gasteiger partial charge in [-0.15, -0.1) is 0 Å². The largest absolute Gasteiger partial charge is 0.481 e. The summed E-state index contributed by atoms with van der Waals surface area (Å²) in [5.41, 5.74) is 0. The van der Waals surface area contributed by atoms with Crippen LogP contribution in [0.1, 0.15) is 25.7 Å². The Balaban J connectivity index is 2.52. The number of aliphatic carboxylic acids is 2. The van der Waals surface area contributed by atoms with Crippen molar-refractivity contribution >= 4 is 17.8 Å². The molecule has 1 saturated heterocycles. The number of carboxylic acids is 2. The number of rotatable bonds is 6. The molecule has 7 nitrogen and oxygen atoms in total. The molecule has 0 spiro atoms. The summed E-state index contributed by atoms with van der Waals surface area (Å²) in [7, 11) is 1.81. The van der Waals surface area contributed by atoms with Gasteiger partial charge in [0.15, 0.2) is 0 Å². The van der Waals surface area contributed by atoms with Crippen LogP contribution in [0.15, 0.2) is 0 Å². The molecule has 3 N–H and O–H groups in total. The van der Waals surface area contributed by atoms with E-state index in [-0.39, 0.29) is 24.8 Å². The molecule has 0 saturated carbocycles. The summed E-state index contributed by atoms with van der Waals surface area (Å²) in [5, 5.41) is 19.8. The molecule has 2 atom stereocenters. The maximum Gasteiger partial charge on any atom is 0.326 e. The van der Waals surface area contributed by atoms with Crippen molar-refractivity contribution in [2.75, 3.05) is 13.6 Å². The lowest BCUT2D eigenvalue weighted by Gasteiger charge is -2.21. The highest BCUT2D eigenvalue weighted by Crippen LogP contribution is 2.15. The van der Waals surface area contributed by atoms with Gasteiger partial charge in [0.1, 0.15) is 6.04 Å². The summed E-state index contributed by atoms with van der Waals surface area (Å²) >= 11 is 0. The lowest BCUT2D eigenvalue weighted by atomic mass is 10.1. The van der Waals surface area contributed by atoms with Crippen molar-refractivity contribution in [3.8, 4) is 0 Å². The summed E-state index contributed by atoms with van der Waals surface area (Å²) in [6, 6.07) is -1.45. The van der Waals surface area contributed by atoms with Crippen molar-refractivity contribution < 1.29 is 24.6 Å². The topological polar surface area (TPSA) is 107 Å². The summed E-state index contributed by atoms with van der Waals surface area (Å²) in [5.74, 6) is -2.62. The van der Waals surface area contributed by atoms with E-state index in [2.05, 4.69) is 5.32 Å². The van der Waals surface area contributed by atoms with E-state index in [0.717, 1.165) is 13.0 Å². The number of carbonyl (C=O) groups is 3. The molecule has 18 heavy (non-hydrogen) atoms. The molecule has 1 aliphatic heterocycles. The number of likely N-dealkylation sites (tertiary alicyclic amines) is 1. The third-order valence-electron chi connectivity index (χ3n) is 3.08. The van der Waals surface area contributed by atoms with Gasteiger partial charge in [-0.25, -0.2) is 4.79 Å². The summed E-state index contributed by atoms with van der Waals surface area (Å²) in [4.78, 5) is 35.0. The molecule has 0 aliphatic carbocycles. The molecule has 0 aromatic heterocycles. The summed E-state index contributed by atoms with van der Waals surface area (Å²) < 4.78 is 0. The van der Waals surface area contributed by atoms with Crippen molar-refractivity contribution in [3.63, 3.8) is 0 Å². The fourth-order valence-corrected chi connectivity index (χ4v) is 2.03. The Morgan fingerprint density at radius 3 is 2.50 bits per heavy atom. The van der Waals surface area contributed by atoms with Crippen LogP contribution in [-0.4, -0.2) is 58.6 Å². The molecule has 1 heterocycles. The maximum atomic E-state index is 11.9. The minimum atomic E-state index is -1.20. The molecule has 7 heteroatoms. The van der Waals surface area contributed by atoms with Crippen LogP contribution in [0.3, 0.4) is 0 Å². The molecular formula is C11H18N2O5. The number of nitrogens with one attached hydrogen (secondary N) is 1. The average molecular weight is 258 g/mol. The maximum absolute atomic E-state index is 11.9. The lowest BCUT2D eigenvalue weighted by molar-refractivity contribution is -0.143. The van der Waals surface area contributed by atoms with Crippen LogP contribution in [-0.2, 0) is 14.4 Å². The Morgan fingerprint density at radius 2 is 2.06 bits per heavy atom. The molecule has 0 aromatic carbocycles. The number of hydrogen-bond donors (Lipinski definition) is 3. The van der Waals surface area contributed by atoms with E-state index in [1.165, 1.54) is 0 Å². The van der Waals surface area contributed by atoms with Crippen molar-refractivity contribution in [2.24, 2.45) is 0 Å². The van der Waals surface area contributed by atoms with E-state index >= 15 is 0 Å². The second-order valence-corrected chi connectivity index (χ2v) is 4.47. The van der Waals surface area contributed by atoms with E-state index in [9.17, 15) is 14.4 Å². The summed E-state index contributed by atoms with van der Waals surface area (Å²) in [6.07, 6.45) is 1.22. The van der Waals surface area contributed by atoms with Gasteiger partial charge in [-0.3, -0.25) is 14.5 Å². The van der Waals surface area contributed by atoms with Gasteiger partial charge in [-0.1, -0.05) is 0 Å². The molecular weight excluding hydrogens is 240 g/mol. The summed E-state index contributed by atoms with van der Waals surface area (Å²) in [6.45, 7) is 0.810. The van der Waals surface area contributed by atoms with Gasteiger partial charge in [0, 0.05) is 6.42 Å². The Morgan fingerprint density at radius 1 is 1.39 bits per heavy atom. The molecule has 0 aromatic rings. The standard InChI is InChI=1S/C11H18N2O5/c1-13-6-2-3-8(13)10(16)12-7(11(17)18)4-5-9(14)15/h7-8H,2-6H2,1H3,(H,12,16)(H,14,15)(H,17,18). The minimum absolute atomic E-state index is 0.104.